The fourth-order valence-corrected chi connectivity index (χ4v) is 1.39. The summed E-state index contributed by atoms with van der Waals surface area (Å²) in [5.74, 6) is -0.863. The predicted octanol–water partition coefficient (Wildman–Crippen LogP) is 2.12. The minimum Gasteiger partial charge on any atom is -0.505 e. The molecule has 0 fully saturated rings. The SMILES string of the molecule is Cc1ccc(F)c(O)c1CC(C)(C)N. The van der Waals surface area contributed by atoms with Crippen molar-refractivity contribution in [2.45, 2.75) is 32.7 Å². The van der Waals surface area contributed by atoms with Gasteiger partial charge in [0.05, 0.1) is 0 Å². The molecule has 1 aromatic rings. The molecule has 0 aliphatic rings. The van der Waals surface area contributed by atoms with Crippen LogP contribution < -0.4 is 5.73 Å². The highest BCUT2D eigenvalue weighted by molar-refractivity contribution is 5.40. The van der Waals surface area contributed by atoms with Crippen molar-refractivity contribution >= 4 is 0 Å². The van der Waals surface area contributed by atoms with Crippen LogP contribution in [0.2, 0.25) is 0 Å². The highest BCUT2D eigenvalue weighted by Gasteiger charge is 2.18. The summed E-state index contributed by atoms with van der Waals surface area (Å²) >= 11 is 0. The molecule has 0 radical (unpaired) electrons. The second-order valence-electron chi connectivity index (χ2n) is 4.36. The molecular formula is C11H16FNO. The number of aromatic hydroxyl groups is 1. The van der Waals surface area contributed by atoms with E-state index in [9.17, 15) is 9.50 Å². The number of phenolic OH excluding ortho intramolecular Hbond substituents is 1. The third-order valence-electron chi connectivity index (χ3n) is 2.10. The lowest BCUT2D eigenvalue weighted by Gasteiger charge is -2.20. The van der Waals surface area contributed by atoms with E-state index < -0.39 is 11.4 Å². The lowest BCUT2D eigenvalue weighted by Crippen LogP contribution is -2.34. The van der Waals surface area contributed by atoms with Crippen molar-refractivity contribution in [3.05, 3.63) is 29.1 Å². The number of hydrogen-bond donors (Lipinski definition) is 2. The van der Waals surface area contributed by atoms with Gasteiger partial charge in [0.25, 0.3) is 0 Å². The quantitative estimate of drug-likeness (QED) is 0.762. The number of halogens is 1. The summed E-state index contributed by atoms with van der Waals surface area (Å²) in [5, 5.41) is 9.51. The van der Waals surface area contributed by atoms with Crippen LogP contribution in [0.25, 0.3) is 0 Å². The number of phenols is 1. The first-order chi connectivity index (χ1) is 6.31. The first kappa shape index (κ1) is 11.0. The largest absolute Gasteiger partial charge is 0.505 e. The van der Waals surface area contributed by atoms with E-state index in [0.717, 1.165) is 5.56 Å². The summed E-state index contributed by atoms with van der Waals surface area (Å²) in [7, 11) is 0. The van der Waals surface area contributed by atoms with Gasteiger partial charge in [-0.15, -0.1) is 0 Å². The van der Waals surface area contributed by atoms with Crippen LogP contribution in [-0.4, -0.2) is 10.6 Å². The number of hydrogen-bond acceptors (Lipinski definition) is 2. The van der Waals surface area contributed by atoms with E-state index in [0.29, 0.717) is 12.0 Å². The van der Waals surface area contributed by atoms with Crippen LogP contribution in [0.4, 0.5) is 4.39 Å². The molecule has 0 amide bonds. The van der Waals surface area contributed by atoms with Crippen LogP contribution in [0.3, 0.4) is 0 Å². The lowest BCUT2D eigenvalue weighted by molar-refractivity contribution is 0.414. The molecule has 0 aromatic heterocycles. The summed E-state index contributed by atoms with van der Waals surface area (Å²) in [6.45, 7) is 5.52. The van der Waals surface area contributed by atoms with Crippen LogP contribution in [0.5, 0.6) is 5.75 Å². The van der Waals surface area contributed by atoms with Crippen molar-refractivity contribution in [2.24, 2.45) is 5.73 Å². The maximum Gasteiger partial charge on any atom is 0.165 e. The van der Waals surface area contributed by atoms with E-state index in [4.69, 9.17) is 5.73 Å². The van der Waals surface area contributed by atoms with E-state index in [1.807, 2.05) is 20.8 Å². The van der Waals surface area contributed by atoms with E-state index in [2.05, 4.69) is 0 Å². The molecule has 0 saturated carbocycles. The van der Waals surface area contributed by atoms with Gasteiger partial charge >= 0.3 is 0 Å². The Kier molecular flexibility index (Phi) is 2.81. The Hall–Kier alpha value is -1.09. The zero-order valence-electron chi connectivity index (χ0n) is 8.76. The number of rotatable bonds is 2. The van der Waals surface area contributed by atoms with Crippen molar-refractivity contribution in [1.82, 2.24) is 0 Å². The molecule has 0 atom stereocenters. The molecule has 0 heterocycles. The maximum atomic E-state index is 13.0. The molecule has 1 aromatic carbocycles. The van der Waals surface area contributed by atoms with Gasteiger partial charge in [-0.05, 0) is 38.8 Å². The highest BCUT2D eigenvalue weighted by atomic mass is 19.1. The number of aryl methyl sites for hydroxylation is 1. The number of benzene rings is 1. The second-order valence-corrected chi connectivity index (χ2v) is 4.36. The minimum absolute atomic E-state index is 0.275. The third-order valence-corrected chi connectivity index (χ3v) is 2.10. The van der Waals surface area contributed by atoms with Gasteiger partial charge in [-0.1, -0.05) is 6.07 Å². The monoisotopic (exact) mass is 197 g/mol. The average molecular weight is 197 g/mol. The molecule has 0 aliphatic heterocycles. The third kappa shape index (κ3) is 2.45. The van der Waals surface area contributed by atoms with Gasteiger partial charge in [-0.2, -0.15) is 0 Å². The standard InChI is InChI=1S/C11H16FNO/c1-7-4-5-9(12)10(14)8(7)6-11(2,3)13/h4-5,14H,6,13H2,1-3H3. The van der Waals surface area contributed by atoms with E-state index in [1.165, 1.54) is 6.07 Å². The molecule has 0 bridgehead atoms. The smallest absolute Gasteiger partial charge is 0.165 e. The highest BCUT2D eigenvalue weighted by Crippen LogP contribution is 2.27. The van der Waals surface area contributed by atoms with Crippen molar-refractivity contribution in [1.29, 1.82) is 0 Å². The summed E-state index contributed by atoms with van der Waals surface area (Å²) in [4.78, 5) is 0. The Morgan fingerprint density at radius 3 is 2.50 bits per heavy atom. The van der Waals surface area contributed by atoms with Gasteiger partial charge in [0, 0.05) is 11.1 Å². The van der Waals surface area contributed by atoms with Gasteiger partial charge in [0.1, 0.15) is 0 Å². The zero-order chi connectivity index (χ0) is 10.9. The predicted molar refractivity (Wildman–Crippen MR) is 54.8 cm³/mol. The second kappa shape index (κ2) is 3.58. The molecular weight excluding hydrogens is 181 g/mol. The Bertz CT molecular complexity index is 342. The molecule has 0 saturated heterocycles. The van der Waals surface area contributed by atoms with E-state index >= 15 is 0 Å². The minimum atomic E-state index is -0.588. The molecule has 2 nitrogen and oxygen atoms in total. The zero-order valence-corrected chi connectivity index (χ0v) is 8.76. The van der Waals surface area contributed by atoms with Gasteiger partial charge in [-0.3, -0.25) is 0 Å². The van der Waals surface area contributed by atoms with Crippen LogP contribution in [-0.2, 0) is 6.42 Å². The summed E-state index contributed by atoms with van der Waals surface area (Å²) in [5.41, 5.74) is 6.83. The molecule has 0 aliphatic carbocycles. The molecule has 3 N–H and O–H groups in total. The Morgan fingerprint density at radius 1 is 1.43 bits per heavy atom. The first-order valence-corrected chi connectivity index (χ1v) is 4.57. The molecule has 3 heteroatoms. The van der Waals surface area contributed by atoms with Crippen LogP contribution >= 0.6 is 0 Å². The average Bonchev–Trinajstić information content (AvgIpc) is 2.04. The molecule has 1 rings (SSSR count). The van der Waals surface area contributed by atoms with Crippen molar-refractivity contribution in [3.63, 3.8) is 0 Å². The topological polar surface area (TPSA) is 46.2 Å². The van der Waals surface area contributed by atoms with Gasteiger partial charge < -0.3 is 10.8 Å². The fraction of sp³-hybridized carbons (Fsp3) is 0.455. The number of nitrogens with two attached hydrogens (primary N) is 1. The van der Waals surface area contributed by atoms with Crippen molar-refractivity contribution in [3.8, 4) is 5.75 Å². The summed E-state index contributed by atoms with van der Waals surface area (Å²) in [6.07, 6.45) is 0.461. The van der Waals surface area contributed by atoms with Crippen LogP contribution in [0.15, 0.2) is 12.1 Å². The first-order valence-electron chi connectivity index (χ1n) is 4.57. The maximum absolute atomic E-state index is 13.0. The fourth-order valence-electron chi connectivity index (χ4n) is 1.39. The van der Waals surface area contributed by atoms with Gasteiger partial charge in [0.15, 0.2) is 11.6 Å². The Labute approximate surface area is 83.6 Å². The lowest BCUT2D eigenvalue weighted by atomic mass is 9.92. The summed E-state index contributed by atoms with van der Waals surface area (Å²) < 4.78 is 13.0. The Balaban J connectivity index is 3.13. The van der Waals surface area contributed by atoms with Crippen molar-refractivity contribution < 1.29 is 9.50 Å². The normalized spacial score (nSPS) is 11.8. The molecule has 0 spiro atoms. The molecule has 0 unspecified atom stereocenters. The Morgan fingerprint density at radius 2 is 2.00 bits per heavy atom. The van der Waals surface area contributed by atoms with Crippen LogP contribution in [0, 0.1) is 12.7 Å². The van der Waals surface area contributed by atoms with Gasteiger partial charge in [-0.25, -0.2) is 4.39 Å². The van der Waals surface area contributed by atoms with E-state index in [-0.39, 0.29) is 5.75 Å². The molecule has 14 heavy (non-hydrogen) atoms. The van der Waals surface area contributed by atoms with Gasteiger partial charge in [0.2, 0.25) is 0 Å². The van der Waals surface area contributed by atoms with E-state index in [1.54, 1.807) is 6.07 Å². The summed E-state index contributed by atoms with van der Waals surface area (Å²) in [6, 6.07) is 2.91. The van der Waals surface area contributed by atoms with Crippen LogP contribution in [0.1, 0.15) is 25.0 Å². The molecule has 78 valence electrons. The van der Waals surface area contributed by atoms with Crippen molar-refractivity contribution in [2.75, 3.05) is 0 Å².